The summed E-state index contributed by atoms with van der Waals surface area (Å²) in [7, 11) is 0. The zero-order chi connectivity index (χ0) is 22.5. The number of hydrogen-bond donors (Lipinski definition) is 1. The van der Waals surface area contributed by atoms with Crippen LogP contribution in [-0.2, 0) is 13.2 Å². The highest BCUT2D eigenvalue weighted by atomic mass is 79.9. The standard InChI is InChI=1S/C24H18BrClFN3O2/c25-20-9-1-2-10-22(20)32-15-17-6-3-7-18(11-17)24(31)28-23-21(26)14-30(29-23)13-16-5-4-8-19(27)12-16/h1-12,14H,13,15H2,(H,28,29,31). The summed E-state index contributed by atoms with van der Waals surface area (Å²) in [6, 6.07) is 20.9. The molecule has 0 unspecified atom stereocenters. The minimum atomic E-state index is -0.342. The zero-order valence-electron chi connectivity index (χ0n) is 16.8. The lowest BCUT2D eigenvalue weighted by Crippen LogP contribution is -2.13. The van der Waals surface area contributed by atoms with Crippen molar-refractivity contribution in [3.05, 3.63) is 111 Å². The molecule has 1 N–H and O–H groups in total. The first-order valence-electron chi connectivity index (χ1n) is 9.73. The number of anilines is 1. The minimum absolute atomic E-state index is 0.239. The molecular formula is C24H18BrClFN3O2. The Morgan fingerprint density at radius 2 is 1.84 bits per heavy atom. The summed E-state index contributed by atoms with van der Waals surface area (Å²) in [4.78, 5) is 12.7. The van der Waals surface area contributed by atoms with Gasteiger partial charge in [-0.3, -0.25) is 9.48 Å². The third-order valence-corrected chi connectivity index (χ3v) is 5.53. The molecule has 0 spiro atoms. The molecule has 4 rings (SSSR count). The maximum absolute atomic E-state index is 13.4. The molecule has 0 radical (unpaired) electrons. The van der Waals surface area contributed by atoms with Crippen LogP contribution in [0.3, 0.4) is 0 Å². The van der Waals surface area contributed by atoms with E-state index in [-0.39, 0.29) is 17.5 Å². The number of nitrogens with one attached hydrogen (secondary N) is 1. The Morgan fingerprint density at radius 3 is 2.66 bits per heavy atom. The van der Waals surface area contributed by atoms with Crippen LogP contribution in [0.2, 0.25) is 5.02 Å². The van der Waals surface area contributed by atoms with Gasteiger partial charge in [0.1, 0.15) is 23.2 Å². The lowest BCUT2D eigenvalue weighted by Gasteiger charge is -2.09. The first-order chi connectivity index (χ1) is 15.5. The highest BCUT2D eigenvalue weighted by molar-refractivity contribution is 9.10. The Kier molecular flexibility index (Phi) is 6.87. The van der Waals surface area contributed by atoms with E-state index in [1.165, 1.54) is 12.1 Å². The number of nitrogens with zero attached hydrogens (tertiary/aromatic N) is 2. The number of amides is 1. The van der Waals surface area contributed by atoms with E-state index < -0.39 is 0 Å². The molecule has 162 valence electrons. The van der Waals surface area contributed by atoms with Crippen molar-refractivity contribution in [1.82, 2.24) is 9.78 Å². The van der Waals surface area contributed by atoms with Gasteiger partial charge < -0.3 is 10.1 Å². The summed E-state index contributed by atoms with van der Waals surface area (Å²) in [6.45, 7) is 0.641. The summed E-state index contributed by atoms with van der Waals surface area (Å²) in [5, 5.41) is 7.33. The van der Waals surface area contributed by atoms with Crippen molar-refractivity contribution in [1.29, 1.82) is 0 Å². The molecule has 0 aliphatic heterocycles. The molecule has 0 saturated carbocycles. The molecule has 5 nitrogen and oxygen atoms in total. The lowest BCUT2D eigenvalue weighted by molar-refractivity contribution is 0.102. The topological polar surface area (TPSA) is 56.2 Å². The molecule has 32 heavy (non-hydrogen) atoms. The molecule has 8 heteroatoms. The van der Waals surface area contributed by atoms with E-state index in [0.717, 1.165) is 21.3 Å². The van der Waals surface area contributed by atoms with Gasteiger partial charge in [0.05, 0.1) is 11.0 Å². The molecule has 1 heterocycles. The van der Waals surface area contributed by atoms with Crippen molar-refractivity contribution in [3.63, 3.8) is 0 Å². The van der Waals surface area contributed by atoms with E-state index >= 15 is 0 Å². The van der Waals surface area contributed by atoms with Gasteiger partial charge in [0.15, 0.2) is 5.82 Å². The van der Waals surface area contributed by atoms with Gasteiger partial charge in [0.25, 0.3) is 5.91 Å². The number of carbonyl (C=O) groups excluding carboxylic acids is 1. The molecule has 0 bridgehead atoms. The van der Waals surface area contributed by atoms with E-state index in [1.54, 1.807) is 41.2 Å². The van der Waals surface area contributed by atoms with Crippen molar-refractivity contribution in [2.75, 3.05) is 5.32 Å². The van der Waals surface area contributed by atoms with Crippen LogP contribution >= 0.6 is 27.5 Å². The monoisotopic (exact) mass is 513 g/mol. The van der Waals surface area contributed by atoms with Gasteiger partial charge in [0.2, 0.25) is 0 Å². The molecule has 0 aliphatic carbocycles. The Hall–Kier alpha value is -3.16. The highest BCUT2D eigenvalue weighted by Gasteiger charge is 2.13. The fraction of sp³-hybridized carbons (Fsp3) is 0.0833. The summed E-state index contributed by atoms with van der Waals surface area (Å²) in [6.07, 6.45) is 1.59. The number of hydrogen-bond acceptors (Lipinski definition) is 3. The molecule has 0 aliphatic rings. The van der Waals surface area contributed by atoms with E-state index in [4.69, 9.17) is 16.3 Å². The van der Waals surface area contributed by atoms with Crippen LogP contribution in [-0.4, -0.2) is 15.7 Å². The largest absolute Gasteiger partial charge is 0.488 e. The average Bonchev–Trinajstić information content (AvgIpc) is 3.11. The van der Waals surface area contributed by atoms with Crippen molar-refractivity contribution >= 4 is 39.3 Å². The van der Waals surface area contributed by atoms with Crippen molar-refractivity contribution < 1.29 is 13.9 Å². The number of rotatable bonds is 7. The molecule has 3 aromatic carbocycles. The zero-order valence-corrected chi connectivity index (χ0v) is 19.1. The predicted molar refractivity (Wildman–Crippen MR) is 126 cm³/mol. The summed E-state index contributed by atoms with van der Waals surface area (Å²) >= 11 is 9.69. The first-order valence-corrected chi connectivity index (χ1v) is 10.9. The summed E-state index contributed by atoms with van der Waals surface area (Å²) in [5.41, 5.74) is 2.03. The molecule has 0 saturated heterocycles. The number of carbonyl (C=O) groups is 1. The second-order valence-electron chi connectivity index (χ2n) is 7.03. The fourth-order valence-electron chi connectivity index (χ4n) is 3.09. The van der Waals surface area contributed by atoms with E-state index in [1.807, 2.05) is 30.3 Å². The predicted octanol–water partition coefficient (Wildman–Crippen LogP) is 6.32. The normalized spacial score (nSPS) is 10.7. The van der Waals surface area contributed by atoms with E-state index in [9.17, 15) is 9.18 Å². The smallest absolute Gasteiger partial charge is 0.256 e. The number of benzene rings is 3. The summed E-state index contributed by atoms with van der Waals surface area (Å²) in [5.74, 6) is 0.296. The molecule has 0 fully saturated rings. The van der Waals surface area contributed by atoms with Crippen molar-refractivity contribution in [3.8, 4) is 5.75 Å². The van der Waals surface area contributed by atoms with Gasteiger partial charge in [-0.1, -0.05) is 48.0 Å². The summed E-state index contributed by atoms with van der Waals surface area (Å²) < 4.78 is 21.6. The SMILES string of the molecule is O=C(Nc1nn(Cc2cccc(F)c2)cc1Cl)c1cccc(COc2ccccc2Br)c1. The Balaban J connectivity index is 1.42. The Morgan fingerprint density at radius 1 is 1.06 bits per heavy atom. The van der Waals surface area contributed by atoms with Crippen molar-refractivity contribution in [2.45, 2.75) is 13.2 Å². The number of halogens is 3. The Labute approximate surface area is 197 Å². The molecule has 1 amide bonds. The van der Waals surface area contributed by atoms with Gasteiger partial charge in [-0.2, -0.15) is 5.10 Å². The van der Waals surface area contributed by atoms with E-state index in [2.05, 4.69) is 26.3 Å². The first kappa shape index (κ1) is 22.0. The number of para-hydroxylation sites is 1. The number of aromatic nitrogens is 2. The van der Waals surface area contributed by atoms with Crippen LogP contribution < -0.4 is 10.1 Å². The van der Waals surface area contributed by atoms with Gasteiger partial charge in [-0.25, -0.2) is 4.39 Å². The average molecular weight is 515 g/mol. The second kappa shape index (κ2) is 9.97. The maximum Gasteiger partial charge on any atom is 0.256 e. The van der Waals surface area contributed by atoms with Gasteiger partial charge in [-0.05, 0) is 63.5 Å². The molecular weight excluding hydrogens is 497 g/mol. The molecule has 0 atom stereocenters. The van der Waals surface area contributed by atoms with Crippen LogP contribution in [0.5, 0.6) is 5.75 Å². The minimum Gasteiger partial charge on any atom is -0.488 e. The fourth-order valence-corrected chi connectivity index (χ4v) is 3.69. The molecule has 4 aromatic rings. The van der Waals surface area contributed by atoms with E-state index in [0.29, 0.717) is 23.7 Å². The third kappa shape index (κ3) is 5.55. The third-order valence-electron chi connectivity index (χ3n) is 4.60. The van der Waals surface area contributed by atoms with Gasteiger partial charge in [-0.15, -0.1) is 0 Å². The van der Waals surface area contributed by atoms with Gasteiger partial charge >= 0.3 is 0 Å². The van der Waals surface area contributed by atoms with Crippen LogP contribution in [0.25, 0.3) is 0 Å². The Bertz CT molecular complexity index is 1260. The quantitative estimate of drug-likeness (QED) is 0.314. The van der Waals surface area contributed by atoms with Crippen LogP contribution in [0, 0.1) is 5.82 Å². The van der Waals surface area contributed by atoms with Crippen LogP contribution in [0.15, 0.2) is 83.5 Å². The molecule has 1 aromatic heterocycles. The second-order valence-corrected chi connectivity index (χ2v) is 8.29. The van der Waals surface area contributed by atoms with Crippen LogP contribution in [0.1, 0.15) is 21.5 Å². The number of ether oxygens (including phenoxy) is 1. The van der Waals surface area contributed by atoms with Gasteiger partial charge in [0, 0.05) is 11.8 Å². The lowest BCUT2D eigenvalue weighted by atomic mass is 10.1. The van der Waals surface area contributed by atoms with Crippen molar-refractivity contribution in [2.24, 2.45) is 0 Å². The maximum atomic E-state index is 13.4. The van der Waals surface area contributed by atoms with Crippen LogP contribution in [0.4, 0.5) is 10.2 Å². The highest BCUT2D eigenvalue weighted by Crippen LogP contribution is 2.25.